The molecule has 2 atom stereocenters. The summed E-state index contributed by atoms with van der Waals surface area (Å²) in [6.45, 7) is 4.97. The lowest BCUT2D eigenvalue weighted by molar-refractivity contribution is 0.356. The lowest BCUT2D eigenvalue weighted by Gasteiger charge is -2.21. The van der Waals surface area contributed by atoms with Gasteiger partial charge in [0.15, 0.2) is 0 Å². The Labute approximate surface area is 125 Å². The first-order valence-corrected chi connectivity index (χ1v) is 7.40. The van der Waals surface area contributed by atoms with Crippen LogP contribution >= 0.6 is 0 Å². The number of hydrogen-bond donors (Lipinski definition) is 1. The molecule has 0 fully saturated rings. The first kappa shape index (κ1) is 14.1. The highest BCUT2D eigenvalue weighted by Gasteiger charge is 2.16. The fourth-order valence-electron chi connectivity index (χ4n) is 2.82. The van der Waals surface area contributed by atoms with Crippen LogP contribution in [0.1, 0.15) is 42.6 Å². The topological polar surface area (TPSA) is 21.3 Å². The van der Waals surface area contributed by atoms with Crippen LogP contribution < -0.4 is 10.1 Å². The zero-order valence-corrected chi connectivity index (χ0v) is 12.4. The lowest BCUT2D eigenvalue weighted by Crippen LogP contribution is -2.22. The van der Waals surface area contributed by atoms with Crippen molar-refractivity contribution in [1.82, 2.24) is 5.32 Å². The van der Waals surface area contributed by atoms with Gasteiger partial charge in [0.2, 0.25) is 0 Å². The van der Waals surface area contributed by atoms with Gasteiger partial charge in [0.25, 0.3) is 0 Å². The first-order valence-electron chi connectivity index (χ1n) is 7.40. The molecule has 0 amide bonds. The number of halogens is 1. The minimum Gasteiger partial charge on any atom is -0.493 e. The molecule has 1 aliphatic heterocycles. The Kier molecular flexibility index (Phi) is 3.93. The smallest absolute Gasteiger partial charge is 0.123 e. The van der Waals surface area contributed by atoms with Crippen molar-refractivity contribution in [3.63, 3.8) is 0 Å². The van der Waals surface area contributed by atoms with Crippen LogP contribution in [0.5, 0.6) is 5.75 Å². The van der Waals surface area contributed by atoms with Crippen molar-refractivity contribution in [3.05, 3.63) is 65.0 Å². The second kappa shape index (κ2) is 5.86. The van der Waals surface area contributed by atoms with Crippen LogP contribution in [0.15, 0.2) is 42.5 Å². The number of benzene rings is 2. The number of rotatable bonds is 4. The van der Waals surface area contributed by atoms with Crippen molar-refractivity contribution in [3.8, 4) is 5.75 Å². The molecule has 2 nitrogen and oxygen atoms in total. The lowest BCUT2D eigenvalue weighted by atomic mass is 10.0. The predicted molar refractivity (Wildman–Crippen MR) is 82.0 cm³/mol. The maximum absolute atomic E-state index is 13.3. The van der Waals surface area contributed by atoms with E-state index in [2.05, 4.69) is 31.3 Å². The third kappa shape index (κ3) is 3.08. The molecule has 2 unspecified atom stereocenters. The van der Waals surface area contributed by atoms with Gasteiger partial charge in [-0.15, -0.1) is 0 Å². The molecule has 0 radical (unpaired) electrons. The second-order valence-electron chi connectivity index (χ2n) is 5.63. The van der Waals surface area contributed by atoms with E-state index in [-0.39, 0.29) is 17.9 Å². The molecular formula is C18H20FNO. The monoisotopic (exact) mass is 285 g/mol. The molecule has 0 bridgehead atoms. The Bertz CT molecular complexity index is 641. The Morgan fingerprint density at radius 2 is 1.81 bits per heavy atom. The average Bonchev–Trinajstić information content (AvgIpc) is 2.94. The van der Waals surface area contributed by atoms with Crippen molar-refractivity contribution in [2.75, 3.05) is 6.61 Å². The van der Waals surface area contributed by atoms with E-state index in [0.717, 1.165) is 24.3 Å². The van der Waals surface area contributed by atoms with E-state index < -0.39 is 0 Å². The summed E-state index contributed by atoms with van der Waals surface area (Å²) in [4.78, 5) is 0. The molecule has 1 aliphatic rings. The summed E-state index contributed by atoms with van der Waals surface area (Å²) in [6, 6.07) is 13.4. The van der Waals surface area contributed by atoms with Gasteiger partial charge in [-0.05, 0) is 48.7 Å². The van der Waals surface area contributed by atoms with E-state index in [9.17, 15) is 4.39 Å². The molecular weight excluding hydrogens is 265 g/mol. The standard InChI is InChI=1S/C18H20FNO/c1-12(14-4-3-5-17(19)11-14)20-13(2)15-6-7-18-16(10-15)8-9-21-18/h3-7,10-13,20H,8-9H2,1-2H3. The summed E-state index contributed by atoms with van der Waals surface area (Å²) in [6.07, 6.45) is 0.981. The second-order valence-corrected chi connectivity index (χ2v) is 5.63. The molecule has 110 valence electrons. The number of nitrogens with one attached hydrogen (secondary N) is 1. The fourth-order valence-corrected chi connectivity index (χ4v) is 2.82. The highest BCUT2D eigenvalue weighted by Crippen LogP contribution is 2.29. The summed E-state index contributed by atoms with van der Waals surface area (Å²) in [5.41, 5.74) is 3.48. The minimum atomic E-state index is -0.191. The van der Waals surface area contributed by atoms with Crippen LogP contribution in [-0.4, -0.2) is 6.61 Å². The predicted octanol–water partition coefficient (Wildman–Crippen LogP) is 4.17. The molecule has 3 heteroatoms. The van der Waals surface area contributed by atoms with Crippen LogP contribution in [0.4, 0.5) is 4.39 Å². The highest BCUT2D eigenvalue weighted by atomic mass is 19.1. The Morgan fingerprint density at radius 3 is 2.57 bits per heavy atom. The van der Waals surface area contributed by atoms with Gasteiger partial charge in [0.1, 0.15) is 11.6 Å². The SMILES string of the molecule is CC(NC(C)c1ccc2c(c1)CCO2)c1cccc(F)c1. The third-order valence-corrected chi connectivity index (χ3v) is 4.06. The van der Waals surface area contributed by atoms with Gasteiger partial charge in [0, 0.05) is 18.5 Å². The average molecular weight is 285 g/mol. The van der Waals surface area contributed by atoms with E-state index in [4.69, 9.17) is 4.74 Å². The zero-order valence-electron chi connectivity index (χ0n) is 12.4. The fraction of sp³-hybridized carbons (Fsp3) is 0.333. The summed E-state index contributed by atoms with van der Waals surface area (Å²) < 4.78 is 18.8. The molecule has 2 aromatic carbocycles. The molecule has 0 aliphatic carbocycles. The Balaban J connectivity index is 1.72. The van der Waals surface area contributed by atoms with Crippen molar-refractivity contribution in [2.45, 2.75) is 32.4 Å². The van der Waals surface area contributed by atoms with E-state index in [0.29, 0.717) is 0 Å². The van der Waals surface area contributed by atoms with E-state index >= 15 is 0 Å². The van der Waals surface area contributed by atoms with Crippen molar-refractivity contribution in [1.29, 1.82) is 0 Å². The van der Waals surface area contributed by atoms with Crippen molar-refractivity contribution in [2.24, 2.45) is 0 Å². The first-order chi connectivity index (χ1) is 10.1. The van der Waals surface area contributed by atoms with Crippen LogP contribution in [0.2, 0.25) is 0 Å². The number of hydrogen-bond acceptors (Lipinski definition) is 2. The summed E-state index contributed by atoms with van der Waals surface area (Å²) in [5.74, 6) is 0.813. The van der Waals surface area contributed by atoms with Gasteiger partial charge in [-0.2, -0.15) is 0 Å². The van der Waals surface area contributed by atoms with Gasteiger partial charge in [-0.1, -0.05) is 24.3 Å². The number of ether oxygens (including phenoxy) is 1. The molecule has 0 aromatic heterocycles. The Hall–Kier alpha value is -1.87. The molecule has 1 N–H and O–H groups in total. The molecule has 0 saturated heterocycles. The molecule has 0 saturated carbocycles. The van der Waals surface area contributed by atoms with E-state index in [1.54, 1.807) is 12.1 Å². The van der Waals surface area contributed by atoms with Gasteiger partial charge in [-0.25, -0.2) is 4.39 Å². The van der Waals surface area contributed by atoms with Crippen molar-refractivity contribution >= 4 is 0 Å². The van der Waals surface area contributed by atoms with Crippen LogP contribution in [0.25, 0.3) is 0 Å². The van der Waals surface area contributed by atoms with Crippen LogP contribution in [0.3, 0.4) is 0 Å². The van der Waals surface area contributed by atoms with Crippen molar-refractivity contribution < 1.29 is 9.13 Å². The summed E-state index contributed by atoms with van der Waals surface area (Å²) in [7, 11) is 0. The Morgan fingerprint density at radius 1 is 1.05 bits per heavy atom. The van der Waals surface area contributed by atoms with Gasteiger partial charge < -0.3 is 10.1 Å². The largest absolute Gasteiger partial charge is 0.493 e. The van der Waals surface area contributed by atoms with Crippen LogP contribution in [0, 0.1) is 5.82 Å². The van der Waals surface area contributed by atoms with E-state index in [1.807, 2.05) is 12.1 Å². The number of fused-ring (bicyclic) bond motifs is 1. The van der Waals surface area contributed by atoms with E-state index in [1.165, 1.54) is 17.2 Å². The molecule has 0 spiro atoms. The maximum atomic E-state index is 13.3. The summed E-state index contributed by atoms with van der Waals surface area (Å²) in [5, 5.41) is 3.52. The molecule has 1 heterocycles. The highest BCUT2D eigenvalue weighted by molar-refractivity contribution is 5.40. The normalized spacial score (nSPS) is 16.1. The maximum Gasteiger partial charge on any atom is 0.123 e. The molecule has 2 aromatic rings. The van der Waals surface area contributed by atoms with Gasteiger partial charge in [-0.3, -0.25) is 0 Å². The molecule has 21 heavy (non-hydrogen) atoms. The van der Waals surface area contributed by atoms with Crippen LogP contribution in [-0.2, 0) is 6.42 Å². The van der Waals surface area contributed by atoms with Gasteiger partial charge >= 0.3 is 0 Å². The zero-order chi connectivity index (χ0) is 14.8. The quantitative estimate of drug-likeness (QED) is 0.910. The summed E-state index contributed by atoms with van der Waals surface area (Å²) >= 11 is 0. The molecule has 3 rings (SSSR count). The van der Waals surface area contributed by atoms with Gasteiger partial charge in [0.05, 0.1) is 6.61 Å². The minimum absolute atomic E-state index is 0.0974. The third-order valence-electron chi connectivity index (χ3n) is 4.06.